The van der Waals surface area contributed by atoms with Crippen LogP contribution in [-0.2, 0) is 27.2 Å². The fraction of sp³-hybridized carbons (Fsp3) is 0.545. The molecule has 1 aromatic heterocycles. The number of carboxylic acid groups (broad SMARTS) is 1. The van der Waals surface area contributed by atoms with E-state index in [1.807, 2.05) is 58.3 Å². The third-order valence-electron chi connectivity index (χ3n) is 7.71. The highest BCUT2D eigenvalue weighted by atomic mass is 32.1. The molecule has 2 rings (SSSR count). The van der Waals surface area contributed by atoms with Crippen LogP contribution in [0.25, 0.3) is 0 Å². The molecule has 1 unspecified atom stereocenters. The largest absolute Gasteiger partial charge is 0.478 e. The summed E-state index contributed by atoms with van der Waals surface area (Å²) in [6.45, 7) is 9.83. The van der Waals surface area contributed by atoms with Crippen LogP contribution in [0.3, 0.4) is 0 Å². The van der Waals surface area contributed by atoms with Crippen molar-refractivity contribution in [3.05, 3.63) is 63.6 Å². The van der Waals surface area contributed by atoms with Crippen LogP contribution in [-0.4, -0.2) is 89.4 Å². The molecule has 0 saturated heterocycles. The molecule has 3 N–H and O–H groups in total. The molecular weight excluding hydrogens is 578 g/mol. The highest BCUT2D eigenvalue weighted by molar-refractivity contribution is 7.09. The number of aromatic nitrogens is 1. The molecule has 0 spiro atoms. The highest BCUT2D eigenvalue weighted by Gasteiger charge is 2.32. The van der Waals surface area contributed by atoms with E-state index < -0.39 is 18.1 Å². The number of carboxylic acids is 1. The molecule has 44 heavy (non-hydrogen) atoms. The summed E-state index contributed by atoms with van der Waals surface area (Å²) in [5, 5.41) is 17.7. The quantitative estimate of drug-likeness (QED) is 0.226. The van der Waals surface area contributed by atoms with E-state index in [0.717, 1.165) is 17.0 Å². The van der Waals surface area contributed by atoms with Crippen molar-refractivity contribution in [2.75, 3.05) is 27.7 Å². The number of carbonyl (C=O) groups is 4. The van der Waals surface area contributed by atoms with Crippen LogP contribution in [0.5, 0.6) is 0 Å². The number of amides is 3. The van der Waals surface area contributed by atoms with E-state index in [1.54, 1.807) is 28.3 Å². The number of benzene rings is 1. The maximum absolute atomic E-state index is 13.7. The predicted octanol–water partition coefficient (Wildman–Crippen LogP) is 4.02. The molecule has 242 valence electrons. The number of hydrogen-bond donors (Lipinski definition) is 3. The molecule has 0 aliphatic heterocycles. The van der Waals surface area contributed by atoms with Gasteiger partial charge in [0, 0.05) is 30.5 Å². The molecule has 0 aliphatic rings. The van der Waals surface area contributed by atoms with Gasteiger partial charge in [-0.05, 0) is 51.3 Å². The number of hydrogen-bond acceptors (Lipinski definition) is 7. The minimum Gasteiger partial charge on any atom is -0.478 e. The molecule has 0 aliphatic carbocycles. The smallest absolute Gasteiger partial charge is 0.331 e. The Labute approximate surface area is 265 Å². The summed E-state index contributed by atoms with van der Waals surface area (Å²) in [6.07, 6.45) is 3.96. The molecule has 11 heteroatoms. The molecule has 3 amide bonds. The fourth-order valence-electron chi connectivity index (χ4n) is 4.98. The summed E-state index contributed by atoms with van der Waals surface area (Å²) in [4.78, 5) is 58.9. The Kier molecular flexibility index (Phi) is 14.7. The molecule has 0 radical (unpaired) electrons. The first kappa shape index (κ1) is 36.6. The van der Waals surface area contributed by atoms with Gasteiger partial charge in [0.1, 0.15) is 11.7 Å². The third kappa shape index (κ3) is 11.5. The van der Waals surface area contributed by atoms with Gasteiger partial charge in [0.15, 0.2) is 0 Å². The second-order valence-corrected chi connectivity index (χ2v) is 13.0. The number of nitrogens with zero attached hydrogens (tertiary/aromatic N) is 3. The van der Waals surface area contributed by atoms with Gasteiger partial charge in [-0.15, -0.1) is 11.3 Å². The van der Waals surface area contributed by atoms with Crippen LogP contribution in [0.2, 0.25) is 0 Å². The van der Waals surface area contributed by atoms with Crippen molar-refractivity contribution in [1.29, 1.82) is 0 Å². The lowest BCUT2D eigenvalue weighted by molar-refractivity contribution is -0.139. The van der Waals surface area contributed by atoms with Gasteiger partial charge in [-0.2, -0.15) is 0 Å². The monoisotopic (exact) mass is 627 g/mol. The zero-order valence-corrected chi connectivity index (χ0v) is 28.1. The second-order valence-electron chi connectivity index (χ2n) is 12.0. The topological polar surface area (TPSA) is 132 Å². The average Bonchev–Trinajstić information content (AvgIpc) is 3.44. The Morgan fingerprint density at radius 3 is 2.27 bits per heavy atom. The van der Waals surface area contributed by atoms with Crippen LogP contribution in [0.4, 0.5) is 0 Å². The zero-order valence-electron chi connectivity index (χ0n) is 27.3. The van der Waals surface area contributed by atoms with Crippen molar-refractivity contribution in [2.45, 2.75) is 78.4 Å². The summed E-state index contributed by atoms with van der Waals surface area (Å²) < 4.78 is 0. The van der Waals surface area contributed by atoms with Crippen molar-refractivity contribution in [1.82, 2.24) is 25.4 Å². The Hall–Kier alpha value is -3.57. The van der Waals surface area contributed by atoms with Crippen LogP contribution in [0.15, 0.2) is 47.4 Å². The van der Waals surface area contributed by atoms with Gasteiger partial charge in [-0.1, -0.05) is 70.5 Å². The summed E-state index contributed by atoms with van der Waals surface area (Å²) in [5.41, 5.74) is 1.39. The van der Waals surface area contributed by atoms with Gasteiger partial charge in [-0.3, -0.25) is 14.4 Å². The standard InChI is InChI=1S/C33H49N5O5S/c1-9-22(4)30(36-28(39)19-37(6)7)32(41)38(8)27(21(2)3)15-16-29-35-26(20-44-29)31(40)34-25(17-23(5)33(42)43)18-24-13-11-10-12-14-24/h10-14,17,20-22,25,27,30H,9,15-16,18-19H2,1-8H3,(H,34,40)(H,36,39)(H,42,43)/t22?,25-,27-,30+/m1/s1. The van der Waals surface area contributed by atoms with Crippen molar-refractivity contribution in [3.8, 4) is 0 Å². The van der Waals surface area contributed by atoms with Crippen LogP contribution >= 0.6 is 11.3 Å². The van der Waals surface area contributed by atoms with E-state index in [1.165, 1.54) is 18.3 Å². The molecule has 0 bridgehead atoms. The Balaban J connectivity index is 2.12. The number of carbonyl (C=O) groups excluding carboxylic acids is 3. The van der Waals surface area contributed by atoms with Crippen LogP contribution < -0.4 is 10.6 Å². The van der Waals surface area contributed by atoms with Crippen molar-refractivity contribution in [3.63, 3.8) is 0 Å². The molecule has 0 fully saturated rings. The van der Waals surface area contributed by atoms with Crippen molar-refractivity contribution < 1.29 is 24.3 Å². The number of thiazole rings is 1. The van der Waals surface area contributed by atoms with E-state index in [9.17, 15) is 24.3 Å². The Morgan fingerprint density at radius 2 is 1.70 bits per heavy atom. The van der Waals surface area contributed by atoms with Gasteiger partial charge in [0.2, 0.25) is 11.8 Å². The van der Waals surface area contributed by atoms with Gasteiger partial charge < -0.3 is 25.5 Å². The van der Waals surface area contributed by atoms with E-state index >= 15 is 0 Å². The van der Waals surface area contributed by atoms with Gasteiger partial charge in [0.05, 0.1) is 17.6 Å². The van der Waals surface area contributed by atoms with E-state index in [2.05, 4.69) is 29.5 Å². The molecule has 1 heterocycles. The maximum Gasteiger partial charge on any atom is 0.331 e. The van der Waals surface area contributed by atoms with Gasteiger partial charge in [-0.25, -0.2) is 9.78 Å². The van der Waals surface area contributed by atoms with Gasteiger partial charge in [0.25, 0.3) is 5.91 Å². The lowest BCUT2D eigenvalue weighted by atomic mass is 9.93. The minimum atomic E-state index is -1.04. The molecule has 1 aromatic carbocycles. The highest BCUT2D eigenvalue weighted by Crippen LogP contribution is 2.21. The second kappa shape index (κ2) is 17.7. The number of likely N-dealkylation sites (N-methyl/N-ethyl adjacent to an activating group) is 2. The molecule has 0 saturated carbocycles. The number of rotatable bonds is 17. The van der Waals surface area contributed by atoms with Gasteiger partial charge >= 0.3 is 5.97 Å². The van der Waals surface area contributed by atoms with Crippen LogP contribution in [0.1, 0.15) is 68.5 Å². The van der Waals surface area contributed by atoms with Crippen molar-refractivity contribution >= 4 is 35.0 Å². The number of aliphatic carboxylic acids is 1. The van der Waals surface area contributed by atoms with Crippen LogP contribution in [0, 0.1) is 11.8 Å². The molecule has 10 nitrogen and oxygen atoms in total. The third-order valence-corrected chi connectivity index (χ3v) is 8.62. The summed E-state index contributed by atoms with van der Waals surface area (Å²) in [7, 11) is 5.42. The average molecular weight is 628 g/mol. The summed E-state index contributed by atoms with van der Waals surface area (Å²) in [5.74, 6) is -1.58. The SMILES string of the molecule is CCC(C)[C@H](NC(=O)CN(C)C)C(=O)N(C)[C@H](CCc1nc(C(=O)N[C@H](C=C(C)C(=O)O)Cc2ccccc2)cs1)C(C)C. The first-order valence-electron chi connectivity index (χ1n) is 15.1. The van der Waals surface area contributed by atoms with E-state index in [4.69, 9.17) is 0 Å². The van der Waals surface area contributed by atoms with Crippen molar-refractivity contribution in [2.24, 2.45) is 11.8 Å². The summed E-state index contributed by atoms with van der Waals surface area (Å²) in [6, 6.07) is 8.33. The molecular formula is C33H49N5O5S. The number of nitrogens with one attached hydrogen (secondary N) is 2. The Morgan fingerprint density at radius 1 is 1.05 bits per heavy atom. The molecule has 4 atom stereocenters. The first-order valence-corrected chi connectivity index (χ1v) is 16.0. The zero-order chi connectivity index (χ0) is 33.0. The maximum atomic E-state index is 13.7. The number of aryl methyl sites for hydroxylation is 1. The lowest BCUT2D eigenvalue weighted by Crippen LogP contribution is -2.55. The molecule has 2 aromatic rings. The Bertz CT molecular complexity index is 1280. The minimum absolute atomic E-state index is 0.0243. The van der Waals surface area contributed by atoms with E-state index in [0.29, 0.717) is 19.3 Å². The van der Waals surface area contributed by atoms with E-state index in [-0.39, 0.29) is 53.4 Å². The normalized spacial score (nSPS) is 14.5. The fourth-order valence-corrected chi connectivity index (χ4v) is 5.78. The lowest BCUT2D eigenvalue weighted by Gasteiger charge is -2.35. The summed E-state index contributed by atoms with van der Waals surface area (Å²) >= 11 is 1.38. The first-order chi connectivity index (χ1) is 20.7. The predicted molar refractivity (Wildman–Crippen MR) is 175 cm³/mol.